The van der Waals surface area contributed by atoms with Crippen molar-refractivity contribution in [3.63, 3.8) is 0 Å². The van der Waals surface area contributed by atoms with Crippen molar-refractivity contribution in [2.45, 2.75) is 52.4 Å². The Kier molecular flexibility index (Phi) is 6.92. The minimum atomic E-state index is -3.63. The smallest absolute Gasteiger partial charge is 0.243 e. The average molecular weight is 397 g/mol. The Morgan fingerprint density at radius 1 is 1.33 bits per heavy atom. The molecule has 7 heteroatoms. The Balaban J connectivity index is 2.12. The Labute approximate surface area is 163 Å². The van der Waals surface area contributed by atoms with E-state index in [-0.39, 0.29) is 28.7 Å². The molecule has 0 unspecified atom stereocenters. The standard InChI is InChI=1S/C20H32N2O4S/c1-6-26-18-10-9-17(12-15(18)2)27(24,25)22-11-7-8-16(13-22)19(23)21-14-20(3,4)5/h9-10,12,16H,6-8,11,13-14H2,1-5H3,(H,21,23)/t16-/m1/s1. The Bertz CT molecular complexity index is 769. The molecule has 1 amide bonds. The van der Waals surface area contributed by atoms with Gasteiger partial charge >= 0.3 is 0 Å². The van der Waals surface area contributed by atoms with Crippen molar-refractivity contribution in [2.24, 2.45) is 11.3 Å². The molecule has 1 aliphatic rings. The summed E-state index contributed by atoms with van der Waals surface area (Å²) in [5.41, 5.74) is 0.782. The summed E-state index contributed by atoms with van der Waals surface area (Å²) in [6.45, 7) is 11.7. The molecule has 1 aromatic rings. The number of hydrogen-bond donors (Lipinski definition) is 1. The number of hydrogen-bond acceptors (Lipinski definition) is 4. The van der Waals surface area contributed by atoms with Crippen LogP contribution in [0.2, 0.25) is 0 Å². The normalized spacial score (nSPS) is 18.9. The van der Waals surface area contributed by atoms with Crippen LogP contribution >= 0.6 is 0 Å². The topological polar surface area (TPSA) is 75.7 Å². The minimum absolute atomic E-state index is 0.00404. The summed E-state index contributed by atoms with van der Waals surface area (Å²) < 4.78 is 33.0. The lowest BCUT2D eigenvalue weighted by atomic mass is 9.95. The zero-order chi connectivity index (χ0) is 20.2. The van der Waals surface area contributed by atoms with Crippen LogP contribution in [-0.4, -0.2) is 44.9 Å². The summed E-state index contributed by atoms with van der Waals surface area (Å²) in [5, 5.41) is 2.96. The average Bonchev–Trinajstić information content (AvgIpc) is 2.61. The fourth-order valence-corrected chi connectivity index (χ4v) is 4.73. The quantitative estimate of drug-likeness (QED) is 0.802. The third kappa shape index (κ3) is 5.69. The summed E-state index contributed by atoms with van der Waals surface area (Å²) in [4.78, 5) is 12.7. The van der Waals surface area contributed by atoms with Crippen LogP contribution in [0.1, 0.15) is 46.1 Å². The number of benzene rings is 1. The largest absolute Gasteiger partial charge is 0.494 e. The van der Waals surface area contributed by atoms with E-state index in [2.05, 4.69) is 26.1 Å². The lowest BCUT2D eigenvalue weighted by Gasteiger charge is -2.32. The molecule has 0 spiro atoms. The van der Waals surface area contributed by atoms with Crippen molar-refractivity contribution in [2.75, 3.05) is 26.2 Å². The van der Waals surface area contributed by atoms with Crippen molar-refractivity contribution in [3.8, 4) is 5.75 Å². The maximum absolute atomic E-state index is 13.0. The lowest BCUT2D eigenvalue weighted by molar-refractivity contribution is -0.126. The molecule has 1 heterocycles. The molecule has 1 saturated heterocycles. The number of ether oxygens (including phenoxy) is 1. The second-order valence-electron chi connectivity index (χ2n) is 8.34. The number of nitrogens with one attached hydrogen (secondary N) is 1. The first kappa shape index (κ1) is 21.7. The maximum atomic E-state index is 13.0. The molecule has 27 heavy (non-hydrogen) atoms. The molecule has 0 saturated carbocycles. The second-order valence-corrected chi connectivity index (χ2v) is 10.3. The van der Waals surface area contributed by atoms with E-state index in [0.717, 1.165) is 5.56 Å². The predicted octanol–water partition coefficient (Wildman–Crippen LogP) is 2.96. The SMILES string of the molecule is CCOc1ccc(S(=O)(=O)N2CCC[C@@H](C(=O)NCC(C)(C)C)C2)cc1C. The summed E-state index contributed by atoms with van der Waals surface area (Å²) in [6.07, 6.45) is 1.40. The first-order valence-electron chi connectivity index (χ1n) is 9.56. The highest BCUT2D eigenvalue weighted by atomic mass is 32.2. The highest BCUT2D eigenvalue weighted by molar-refractivity contribution is 7.89. The Morgan fingerprint density at radius 2 is 2.04 bits per heavy atom. The van der Waals surface area contributed by atoms with Gasteiger partial charge in [0.05, 0.1) is 17.4 Å². The van der Waals surface area contributed by atoms with E-state index in [1.54, 1.807) is 18.2 Å². The fourth-order valence-electron chi connectivity index (χ4n) is 3.12. The summed E-state index contributed by atoms with van der Waals surface area (Å²) >= 11 is 0. The summed E-state index contributed by atoms with van der Waals surface area (Å²) in [6, 6.07) is 4.92. The molecule has 0 bridgehead atoms. The van der Waals surface area contributed by atoms with Crippen molar-refractivity contribution in [3.05, 3.63) is 23.8 Å². The van der Waals surface area contributed by atoms with E-state index >= 15 is 0 Å². The number of sulfonamides is 1. The van der Waals surface area contributed by atoms with Crippen molar-refractivity contribution < 1.29 is 17.9 Å². The van der Waals surface area contributed by atoms with E-state index < -0.39 is 10.0 Å². The number of nitrogens with zero attached hydrogens (tertiary/aromatic N) is 1. The highest BCUT2D eigenvalue weighted by Crippen LogP contribution is 2.27. The number of rotatable bonds is 6. The first-order chi connectivity index (χ1) is 12.5. The van der Waals surface area contributed by atoms with Crippen molar-refractivity contribution in [1.82, 2.24) is 9.62 Å². The number of piperidine rings is 1. The molecule has 1 aromatic carbocycles. The molecule has 0 aliphatic carbocycles. The second kappa shape index (κ2) is 8.61. The van der Waals surface area contributed by atoms with Crippen LogP contribution in [0.15, 0.2) is 23.1 Å². The van der Waals surface area contributed by atoms with Crippen molar-refractivity contribution in [1.29, 1.82) is 0 Å². The first-order valence-corrected chi connectivity index (χ1v) is 11.0. The third-order valence-electron chi connectivity index (χ3n) is 4.63. The molecule has 2 rings (SSSR count). The molecule has 0 radical (unpaired) electrons. The van der Waals surface area contributed by atoms with Crippen molar-refractivity contribution >= 4 is 15.9 Å². The maximum Gasteiger partial charge on any atom is 0.243 e. The van der Waals surface area contributed by atoms with Gasteiger partial charge in [-0.1, -0.05) is 20.8 Å². The third-order valence-corrected chi connectivity index (χ3v) is 6.49. The van der Waals surface area contributed by atoms with Gasteiger partial charge in [0.1, 0.15) is 5.75 Å². The van der Waals surface area contributed by atoms with Crippen LogP contribution in [0.3, 0.4) is 0 Å². The zero-order valence-electron chi connectivity index (χ0n) is 17.0. The summed E-state index contributed by atoms with van der Waals surface area (Å²) in [7, 11) is -3.63. The molecular formula is C20H32N2O4S. The predicted molar refractivity (Wildman–Crippen MR) is 106 cm³/mol. The van der Waals surface area contributed by atoms with E-state index in [1.165, 1.54) is 4.31 Å². The monoisotopic (exact) mass is 396 g/mol. The number of amides is 1. The molecule has 152 valence electrons. The van der Waals surface area contributed by atoms with E-state index in [1.807, 2.05) is 13.8 Å². The molecule has 1 fully saturated rings. The lowest BCUT2D eigenvalue weighted by Crippen LogP contribution is -2.46. The fraction of sp³-hybridized carbons (Fsp3) is 0.650. The van der Waals surface area contributed by atoms with Crippen LogP contribution in [0.5, 0.6) is 5.75 Å². The van der Waals surface area contributed by atoms with Gasteiger partial charge in [-0.05, 0) is 55.9 Å². The van der Waals surface area contributed by atoms with Gasteiger partial charge in [-0.15, -0.1) is 0 Å². The van der Waals surface area contributed by atoms with Crippen LogP contribution in [0.25, 0.3) is 0 Å². The van der Waals surface area contributed by atoms with E-state index in [0.29, 0.717) is 38.3 Å². The van der Waals surface area contributed by atoms with Gasteiger partial charge in [0.2, 0.25) is 15.9 Å². The highest BCUT2D eigenvalue weighted by Gasteiger charge is 2.33. The Morgan fingerprint density at radius 3 is 2.63 bits per heavy atom. The van der Waals surface area contributed by atoms with E-state index in [9.17, 15) is 13.2 Å². The number of aryl methyl sites for hydroxylation is 1. The van der Waals surface area contributed by atoms with Gasteiger partial charge in [-0.2, -0.15) is 4.31 Å². The van der Waals surface area contributed by atoms with Gasteiger partial charge in [0, 0.05) is 19.6 Å². The van der Waals surface area contributed by atoms with Gasteiger partial charge in [-0.25, -0.2) is 8.42 Å². The number of carbonyl (C=O) groups is 1. The Hall–Kier alpha value is -1.60. The molecule has 1 atom stereocenters. The van der Waals surface area contributed by atoms with Gasteiger partial charge in [0.15, 0.2) is 0 Å². The number of carbonyl (C=O) groups excluding carboxylic acids is 1. The van der Waals surface area contributed by atoms with E-state index in [4.69, 9.17) is 4.74 Å². The van der Waals surface area contributed by atoms with Crippen LogP contribution in [0, 0.1) is 18.3 Å². The molecule has 0 aromatic heterocycles. The zero-order valence-corrected chi connectivity index (χ0v) is 17.9. The van der Waals surface area contributed by atoms with Crippen LogP contribution < -0.4 is 10.1 Å². The van der Waals surface area contributed by atoms with Crippen LogP contribution in [0.4, 0.5) is 0 Å². The van der Waals surface area contributed by atoms with Gasteiger partial charge < -0.3 is 10.1 Å². The van der Waals surface area contributed by atoms with Gasteiger partial charge in [-0.3, -0.25) is 4.79 Å². The summed E-state index contributed by atoms with van der Waals surface area (Å²) in [5.74, 6) is 0.321. The molecule has 6 nitrogen and oxygen atoms in total. The van der Waals surface area contributed by atoms with Gasteiger partial charge in [0.25, 0.3) is 0 Å². The molecule has 1 N–H and O–H groups in total. The van der Waals surface area contributed by atoms with Crippen LogP contribution in [-0.2, 0) is 14.8 Å². The molecular weight excluding hydrogens is 364 g/mol. The minimum Gasteiger partial charge on any atom is -0.494 e. The molecule has 1 aliphatic heterocycles.